The van der Waals surface area contributed by atoms with E-state index in [9.17, 15) is 9.70 Å². The summed E-state index contributed by atoms with van der Waals surface area (Å²) in [5.74, 6) is 1.53. The Morgan fingerprint density at radius 1 is 1.00 bits per heavy atom. The number of nitrogens with one attached hydrogen (secondary N) is 1. The van der Waals surface area contributed by atoms with Crippen molar-refractivity contribution in [2.24, 2.45) is 22.5 Å². The Labute approximate surface area is 182 Å². The highest BCUT2D eigenvalue weighted by Gasteiger charge is 2.45. The average Bonchev–Trinajstić information content (AvgIpc) is 2.75. The van der Waals surface area contributed by atoms with Gasteiger partial charge in [-0.2, -0.15) is 5.01 Å². The molecule has 0 heterocycles. The lowest BCUT2D eigenvalue weighted by Crippen LogP contribution is -2.51. The van der Waals surface area contributed by atoms with Crippen molar-refractivity contribution in [2.45, 2.75) is 77.0 Å². The van der Waals surface area contributed by atoms with E-state index < -0.39 is 6.03 Å². The molecule has 2 aliphatic carbocycles. The molecule has 7 heteroatoms. The van der Waals surface area contributed by atoms with Crippen LogP contribution in [0.3, 0.4) is 0 Å². The predicted molar refractivity (Wildman–Crippen MR) is 120 cm³/mol. The van der Waals surface area contributed by atoms with Gasteiger partial charge in [-0.25, -0.2) is 4.79 Å². The van der Waals surface area contributed by atoms with Crippen LogP contribution in [-0.4, -0.2) is 55.5 Å². The van der Waals surface area contributed by atoms with Crippen LogP contribution in [0.2, 0.25) is 0 Å². The van der Waals surface area contributed by atoms with E-state index in [-0.39, 0.29) is 17.8 Å². The summed E-state index contributed by atoms with van der Waals surface area (Å²) in [6.07, 6.45) is 15.2. The van der Waals surface area contributed by atoms with Gasteiger partial charge in [-0.15, -0.1) is 16.5 Å². The van der Waals surface area contributed by atoms with Crippen molar-refractivity contribution in [1.29, 1.82) is 0 Å². The molecule has 0 spiro atoms. The van der Waals surface area contributed by atoms with E-state index in [0.717, 1.165) is 24.4 Å². The second-order valence-electron chi connectivity index (χ2n) is 9.36. The molecule has 0 aromatic rings. The Balaban J connectivity index is 2.21. The summed E-state index contributed by atoms with van der Waals surface area (Å²) in [7, 11) is 4.26. The lowest BCUT2D eigenvalue weighted by Gasteiger charge is -2.50. The largest absolute Gasteiger partial charge is 0.340 e. The standard InChI is InChI=1S/C22H41ClN4O2/c1-26(2)16-9-14-22(19-10-5-3-6-11-19,20-12-7-4-8-13-20)18-24-21(28)27(25-29)17-15-23/h19-20H,3-18H2,1-2H3,(H,24,28). The maximum absolute atomic E-state index is 12.6. The van der Waals surface area contributed by atoms with E-state index in [1.807, 2.05) is 0 Å². The van der Waals surface area contributed by atoms with E-state index in [0.29, 0.717) is 18.4 Å². The zero-order valence-electron chi connectivity index (χ0n) is 18.5. The molecule has 2 fully saturated rings. The van der Waals surface area contributed by atoms with Gasteiger partial charge < -0.3 is 10.2 Å². The molecule has 0 saturated heterocycles. The van der Waals surface area contributed by atoms with Crippen molar-refractivity contribution >= 4 is 17.6 Å². The molecule has 6 nitrogen and oxygen atoms in total. The van der Waals surface area contributed by atoms with Gasteiger partial charge in [0, 0.05) is 12.4 Å². The molecular formula is C22H41ClN4O2. The van der Waals surface area contributed by atoms with Crippen molar-refractivity contribution in [3.63, 3.8) is 0 Å². The Morgan fingerprint density at radius 3 is 2.00 bits per heavy atom. The maximum atomic E-state index is 12.6. The summed E-state index contributed by atoms with van der Waals surface area (Å²) in [5, 5.41) is 6.91. The Hall–Kier alpha value is -0.880. The SMILES string of the molecule is CN(C)CCCC(CNC(=O)N(CCCl)N=O)(C1CCCCC1)C1CCCCC1. The number of alkyl halides is 1. The van der Waals surface area contributed by atoms with Crippen LogP contribution in [0.5, 0.6) is 0 Å². The highest BCUT2D eigenvalue weighted by atomic mass is 35.5. The van der Waals surface area contributed by atoms with Crippen LogP contribution in [0, 0.1) is 22.2 Å². The second kappa shape index (κ2) is 12.7. The second-order valence-corrected chi connectivity index (χ2v) is 9.74. The number of rotatable bonds is 11. The number of nitroso groups, excluding NO2 is 1. The fraction of sp³-hybridized carbons (Fsp3) is 0.955. The third-order valence-electron chi connectivity index (χ3n) is 7.28. The van der Waals surface area contributed by atoms with Gasteiger partial charge >= 0.3 is 6.03 Å². The first-order valence-electron chi connectivity index (χ1n) is 11.6. The van der Waals surface area contributed by atoms with Crippen molar-refractivity contribution in [3.05, 3.63) is 4.91 Å². The van der Waals surface area contributed by atoms with Crippen LogP contribution in [0.1, 0.15) is 77.0 Å². The lowest BCUT2D eigenvalue weighted by atomic mass is 9.57. The minimum atomic E-state index is -0.399. The first-order chi connectivity index (χ1) is 14.0. The maximum Gasteiger partial charge on any atom is 0.340 e. The van der Waals surface area contributed by atoms with Gasteiger partial charge in [0.15, 0.2) is 0 Å². The number of nitrogens with zero attached hydrogens (tertiary/aromatic N) is 3. The van der Waals surface area contributed by atoms with Crippen LogP contribution < -0.4 is 5.32 Å². The van der Waals surface area contributed by atoms with Gasteiger partial charge in [0.25, 0.3) is 0 Å². The van der Waals surface area contributed by atoms with Crippen LogP contribution in [0.15, 0.2) is 5.29 Å². The molecule has 0 aromatic heterocycles. The van der Waals surface area contributed by atoms with E-state index in [1.165, 1.54) is 64.2 Å². The molecule has 2 saturated carbocycles. The van der Waals surface area contributed by atoms with Crippen LogP contribution in [0.4, 0.5) is 4.79 Å². The lowest BCUT2D eigenvalue weighted by molar-refractivity contribution is 0.0118. The Morgan fingerprint density at radius 2 is 1.55 bits per heavy atom. The minimum absolute atomic E-state index is 0.127. The minimum Gasteiger partial charge on any atom is -0.336 e. The number of hydrogen-bond donors (Lipinski definition) is 1. The molecule has 2 rings (SSSR count). The predicted octanol–water partition coefficient (Wildman–Crippen LogP) is 5.41. The first kappa shape index (κ1) is 24.4. The van der Waals surface area contributed by atoms with Gasteiger partial charge in [0.2, 0.25) is 0 Å². The number of carbonyl (C=O) groups excluding carboxylic acids is 1. The normalized spacial score (nSPS) is 19.3. The fourth-order valence-corrected chi connectivity index (χ4v) is 5.95. The number of hydrogen-bond acceptors (Lipinski definition) is 4. The van der Waals surface area contributed by atoms with Crippen LogP contribution in [-0.2, 0) is 0 Å². The highest BCUT2D eigenvalue weighted by Crippen LogP contribution is 2.51. The molecule has 0 atom stereocenters. The van der Waals surface area contributed by atoms with Crippen LogP contribution in [0.25, 0.3) is 0 Å². The van der Waals surface area contributed by atoms with Gasteiger partial charge in [0.05, 0.1) is 11.8 Å². The Kier molecular flexibility index (Phi) is 10.7. The van der Waals surface area contributed by atoms with Gasteiger partial charge in [0.1, 0.15) is 0 Å². The van der Waals surface area contributed by atoms with Gasteiger partial charge in [-0.3, -0.25) is 0 Å². The smallest absolute Gasteiger partial charge is 0.336 e. The van der Waals surface area contributed by atoms with Gasteiger partial charge in [-0.1, -0.05) is 38.5 Å². The number of amides is 2. The van der Waals surface area contributed by atoms with Crippen molar-refractivity contribution in [3.8, 4) is 0 Å². The summed E-state index contributed by atoms with van der Waals surface area (Å²) in [5.41, 5.74) is 0.127. The molecule has 0 aliphatic heterocycles. The number of halogens is 1. The van der Waals surface area contributed by atoms with Gasteiger partial charge in [-0.05, 0) is 76.4 Å². The quantitative estimate of drug-likeness (QED) is 0.272. The summed E-state index contributed by atoms with van der Waals surface area (Å²) in [6, 6.07) is -0.399. The monoisotopic (exact) mass is 428 g/mol. The van der Waals surface area contributed by atoms with E-state index >= 15 is 0 Å². The third kappa shape index (κ3) is 7.09. The summed E-state index contributed by atoms with van der Waals surface area (Å²) in [4.78, 5) is 25.9. The molecule has 29 heavy (non-hydrogen) atoms. The average molecular weight is 429 g/mol. The van der Waals surface area contributed by atoms with E-state index in [4.69, 9.17) is 11.6 Å². The molecule has 2 aliphatic rings. The van der Waals surface area contributed by atoms with E-state index in [1.54, 1.807) is 0 Å². The first-order valence-corrected chi connectivity index (χ1v) is 12.2. The third-order valence-corrected chi connectivity index (χ3v) is 7.45. The van der Waals surface area contributed by atoms with E-state index in [2.05, 4.69) is 29.6 Å². The summed E-state index contributed by atoms with van der Waals surface area (Å²) >= 11 is 5.73. The molecule has 1 N–H and O–H groups in total. The molecular weight excluding hydrogens is 388 g/mol. The highest BCUT2D eigenvalue weighted by molar-refractivity contribution is 6.18. The summed E-state index contributed by atoms with van der Waals surface area (Å²) in [6.45, 7) is 1.88. The molecule has 0 radical (unpaired) electrons. The fourth-order valence-electron chi connectivity index (χ4n) is 5.79. The van der Waals surface area contributed by atoms with Crippen molar-refractivity contribution in [2.75, 3.05) is 39.6 Å². The zero-order chi connectivity index (χ0) is 21.1. The number of urea groups is 1. The summed E-state index contributed by atoms with van der Waals surface area (Å²) < 4.78 is 0. The van der Waals surface area contributed by atoms with Crippen molar-refractivity contribution < 1.29 is 4.79 Å². The topological polar surface area (TPSA) is 65.0 Å². The molecule has 0 bridgehead atoms. The molecule has 168 valence electrons. The Bertz CT molecular complexity index is 473. The molecule has 2 amide bonds. The number of carbonyl (C=O) groups is 1. The molecule has 0 unspecified atom stereocenters. The van der Waals surface area contributed by atoms with Crippen LogP contribution >= 0.6 is 11.6 Å². The molecule has 0 aromatic carbocycles. The van der Waals surface area contributed by atoms with Crippen molar-refractivity contribution in [1.82, 2.24) is 15.2 Å². The zero-order valence-corrected chi connectivity index (χ0v) is 19.3.